The number of fused-ring (bicyclic) bond motifs is 9. The Hall–Kier alpha value is -13.5. The third-order valence-electron chi connectivity index (χ3n) is 28.5. The number of pyridine rings is 6. The molecule has 9 heterocycles. The fourth-order valence-electron chi connectivity index (χ4n) is 19.3. The number of hydrogen-bond donors (Lipinski definition) is 0. The second-order valence-electron chi connectivity index (χ2n) is 43.1. The van der Waals surface area contributed by atoms with Gasteiger partial charge in [-0.3, -0.25) is 0 Å². The summed E-state index contributed by atoms with van der Waals surface area (Å²) in [7, 11) is -2.47. The van der Waals surface area contributed by atoms with Gasteiger partial charge in [0, 0.05) is 130 Å². The van der Waals surface area contributed by atoms with Crippen molar-refractivity contribution in [1.29, 1.82) is 0 Å². The molecule has 3 radical (unpaired) electrons. The quantitative estimate of drug-likeness (QED) is 0.0649. The van der Waals surface area contributed by atoms with Crippen molar-refractivity contribution in [2.45, 2.75) is 169 Å². The molecule has 0 amide bonds. The monoisotopic (exact) mass is 2530 g/mol. The van der Waals surface area contributed by atoms with Crippen molar-refractivity contribution in [1.82, 2.24) is 29.9 Å². The van der Waals surface area contributed by atoms with E-state index in [1.54, 1.807) is 0 Å². The summed E-state index contributed by atoms with van der Waals surface area (Å²) >= 11 is 0. The Bertz CT molecular complexity index is 8290. The van der Waals surface area contributed by atoms with Crippen molar-refractivity contribution in [3.63, 3.8) is 0 Å². The number of benzene rings is 13. The first-order valence-corrected chi connectivity index (χ1v) is 58.0. The van der Waals surface area contributed by atoms with E-state index in [2.05, 4.69) is 412 Å². The van der Waals surface area contributed by atoms with E-state index in [0.717, 1.165) is 140 Å². The predicted molar refractivity (Wildman–Crippen MR) is 614 cm³/mol. The average molecular weight is 2530 g/mol. The largest absolute Gasteiger partial charge is 0.500 e. The van der Waals surface area contributed by atoms with Crippen LogP contribution in [0.1, 0.15) is 144 Å². The minimum Gasteiger partial charge on any atom is -0.500 e. The van der Waals surface area contributed by atoms with E-state index in [0.29, 0.717) is 5.69 Å². The van der Waals surface area contributed by atoms with Crippen LogP contribution >= 0.6 is 0 Å². The summed E-state index contributed by atoms with van der Waals surface area (Å²) in [6, 6.07) is 137. The molecule has 761 valence electrons. The van der Waals surface area contributed by atoms with Gasteiger partial charge in [-0.15, -0.1) is 178 Å². The zero-order chi connectivity index (χ0) is 103. The summed E-state index contributed by atoms with van der Waals surface area (Å²) in [5.41, 5.74) is 31.2. The van der Waals surface area contributed by atoms with Crippen LogP contribution in [-0.4, -0.2) is 46.1 Å². The summed E-state index contributed by atoms with van der Waals surface area (Å²) in [5, 5.41) is 9.33. The van der Waals surface area contributed by atoms with Gasteiger partial charge in [0.05, 0.1) is 32.9 Å². The topological polar surface area (TPSA) is 117 Å². The normalized spacial score (nSPS) is 12.2. The Morgan fingerprint density at radius 2 is 0.753 bits per heavy atom. The van der Waals surface area contributed by atoms with E-state index < -0.39 is 16.1 Å². The van der Waals surface area contributed by atoms with Crippen LogP contribution in [0.5, 0.6) is 0 Å². The molecule has 0 unspecified atom stereocenters. The molecule has 1 saturated carbocycles. The molecule has 23 rings (SSSR count). The summed E-state index contributed by atoms with van der Waals surface area (Å²) in [4.78, 5) is 27.2. The molecule has 1 aliphatic carbocycles. The van der Waals surface area contributed by atoms with Crippen LogP contribution in [0.3, 0.4) is 0 Å². The molecular weight excluding hydrogens is 2410 g/mol. The molecule has 1 fully saturated rings. The fraction of sp³-hybridized carbons (Fsp3) is 0.200. The smallest absolute Gasteiger partial charge is 0.121 e. The SMILES string of the molecule is CC(C)(C)c1ccnc(-c2[c-]cc3oc4cc(C(C)(C)c5ccccc5)ccc4c3c2)c1.CC(C)(c1ccccc1)c1ccc2c(c1)oc1c[c-]c(-c3cc(CC4CCCC4)ccn3)cc12.CC(C)(c1ccccc1)c1cccc2oc3c[c-]c(-c4cc(F)ccn4)cc3c12.C[Si](C)(C)c1ccc(-c2[c-]cccc2)nc1.Cc1c[c-]c(-c2ccc([Si](C)(C)C)cn2)cc1.Cc1cnc(-c2[c-]cccc2)cc1-c1ccccc1.[Ir].[Ir].[Ir]. The third-order valence-corrected chi connectivity index (χ3v) is 32.6. The molecule has 150 heavy (non-hydrogen) atoms. The van der Waals surface area contributed by atoms with Gasteiger partial charge in [-0.1, -0.05) is 356 Å². The molecule has 0 N–H and O–H groups in total. The number of hydrogen-bond acceptors (Lipinski definition) is 9. The van der Waals surface area contributed by atoms with Crippen LogP contribution in [0.2, 0.25) is 39.3 Å². The first kappa shape index (κ1) is 111. The molecule has 0 saturated heterocycles. The molecule has 9 nitrogen and oxygen atoms in total. The maximum absolute atomic E-state index is 13.7. The third kappa shape index (κ3) is 26.0. The maximum atomic E-state index is 13.7. The van der Waals surface area contributed by atoms with Crippen LogP contribution in [0.15, 0.2) is 396 Å². The van der Waals surface area contributed by atoms with Crippen LogP contribution in [0.4, 0.5) is 4.39 Å². The number of halogens is 1. The van der Waals surface area contributed by atoms with Gasteiger partial charge in [0.15, 0.2) is 0 Å². The first-order chi connectivity index (χ1) is 70.7. The molecule has 13 aromatic carbocycles. The molecule has 22 aromatic rings. The Morgan fingerprint density at radius 1 is 0.320 bits per heavy atom. The molecule has 15 heteroatoms. The summed E-state index contributed by atoms with van der Waals surface area (Å²) in [5.74, 6) is 0.514. The minimum atomic E-state index is -1.24. The number of rotatable bonds is 17. The fourth-order valence-corrected chi connectivity index (χ4v) is 21.3. The number of aryl methyl sites for hydroxylation is 2. The predicted octanol–water partition coefficient (Wildman–Crippen LogP) is 34.5. The van der Waals surface area contributed by atoms with Crippen LogP contribution in [0, 0.1) is 62.0 Å². The zero-order valence-electron chi connectivity index (χ0n) is 88.3. The van der Waals surface area contributed by atoms with Crippen molar-refractivity contribution in [2.75, 3.05) is 0 Å². The molecule has 0 atom stereocenters. The number of nitrogens with zero attached hydrogens (tertiary/aromatic N) is 6. The van der Waals surface area contributed by atoms with E-state index in [1.807, 2.05) is 134 Å². The van der Waals surface area contributed by atoms with Crippen LogP contribution < -0.4 is 10.4 Å². The van der Waals surface area contributed by atoms with E-state index in [-0.39, 0.29) is 87.8 Å². The van der Waals surface area contributed by atoms with Crippen molar-refractivity contribution >= 4 is 92.3 Å². The van der Waals surface area contributed by atoms with Crippen molar-refractivity contribution in [2.24, 2.45) is 5.92 Å². The minimum absolute atomic E-state index is 0. The van der Waals surface area contributed by atoms with Crippen LogP contribution in [0.25, 0.3) is 144 Å². The number of aromatic nitrogens is 6. The van der Waals surface area contributed by atoms with Gasteiger partial charge < -0.3 is 43.2 Å². The van der Waals surface area contributed by atoms with Gasteiger partial charge in [-0.05, 0) is 167 Å². The molecule has 0 aliphatic heterocycles. The second kappa shape index (κ2) is 48.2. The van der Waals surface area contributed by atoms with E-state index >= 15 is 0 Å². The second-order valence-corrected chi connectivity index (χ2v) is 53.3. The number of furan rings is 3. The molecule has 0 bridgehead atoms. The van der Waals surface area contributed by atoms with Crippen LogP contribution in [-0.2, 0) is 88.4 Å². The van der Waals surface area contributed by atoms with E-state index in [1.165, 1.54) is 121 Å². The average Bonchev–Trinajstić information content (AvgIpc) is 1.58. The summed E-state index contributed by atoms with van der Waals surface area (Å²) < 4.78 is 32.3. The van der Waals surface area contributed by atoms with Gasteiger partial charge in [0.2, 0.25) is 0 Å². The van der Waals surface area contributed by atoms with Crippen molar-refractivity contribution < 1.29 is 78.0 Å². The Labute approximate surface area is 926 Å². The summed E-state index contributed by atoms with van der Waals surface area (Å²) in [6.07, 6.45) is 17.9. The van der Waals surface area contributed by atoms with Gasteiger partial charge >= 0.3 is 0 Å². The van der Waals surface area contributed by atoms with Gasteiger partial charge in [0.25, 0.3) is 0 Å². The molecular formula is C135H125FIr3N6O3Si2-6. The van der Waals surface area contributed by atoms with E-state index in [9.17, 15) is 4.39 Å². The van der Waals surface area contributed by atoms with Gasteiger partial charge in [-0.2, -0.15) is 0 Å². The molecule has 1 aliphatic rings. The zero-order valence-corrected chi connectivity index (χ0v) is 97.5. The summed E-state index contributed by atoms with van der Waals surface area (Å²) in [6.45, 7) is 38.3. The van der Waals surface area contributed by atoms with E-state index in [4.69, 9.17) is 13.3 Å². The maximum Gasteiger partial charge on any atom is 0.121 e. The Balaban J connectivity index is 0.000000137. The van der Waals surface area contributed by atoms with Gasteiger partial charge in [0.1, 0.15) is 22.6 Å². The Morgan fingerprint density at radius 3 is 1.23 bits per heavy atom. The van der Waals surface area contributed by atoms with Crippen molar-refractivity contribution in [3.8, 4) is 78.7 Å². The Kier molecular flexibility index (Phi) is 35.5. The molecule has 9 aromatic heterocycles. The first-order valence-electron chi connectivity index (χ1n) is 51.0. The molecule has 0 spiro atoms. The standard InChI is InChI=1S/C32H30NO.C30H28NO.C26H19FNO.C18H14N.C15H18NSi.C14H16NSi.3Ir/c1-32(2,25-10-4-3-5-11-25)26-13-14-27-28-20-24(12-15-30(28)34-31(27)21-26)29-19-23(16-17-33-29)18-22-8-6-7-9-22;1-29(2,3)22-15-16-31-26(18-22)20-11-14-27-25(17-20)24-13-12-23(19-28(24)32-27)30(4,5)21-9-7-6-8-10-21;1-26(2,18-7-4-3-5-8-18)21-9-6-10-24-25(21)20-15-17(11-12-23(20)29-24)22-16-19(27)13-14-28-22;1-14-13-19-18(16-10-6-3-7-11-16)12-17(14)15-8-4-2-5-9-15;1-12-5-7-13(8-6-12)15-10-9-14(11-16-15)17(2,3)4;1-16(2,3)13-9-10-14(15-11-13)12-7-5-4-6-8-12;;;/h3-5,10-11,13-17,19-22H,6-9,18H2,1-2H3;6-10,12-19H,1-5H3;3-10,12-16H,1-2H3;2-10,12-13H,1H3;5-7,9-11H,1-4H3;4-7,9-11H,1-3H3;;;/q6*-1;;;. The van der Waals surface area contributed by atoms with Gasteiger partial charge in [-0.25, -0.2) is 4.39 Å². The van der Waals surface area contributed by atoms with Crippen molar-refractivity contribution in [3.05, 3.63) is 481 Å².